The molecule has 5 nitrogen and oxygen atoms in total. The van der Waals surface area contributed by atoms with Crippen LogP contribution in [0.25, 0.3) is 11.1 Å². The van der Waals surface area contributed by atoms with E-state index in [1.165, 1.54) is 33.4 Å². The summed E-state index contributed by atoms with van der Waals surface area (Å²) in [5, 5.41) is 17.5. The number of hydrogen-bond donors (Lipinski definition) is 2. The molecule has 4 aromatic rings. The van der Waals surface area contributed by atoms with E-state index in [-0.39, 0.29) is 11.1 Å². The molecule has 6 heteroatoms. The maximum absolute atomic E-state index is 9.39. The zero-order valence-corrected chi connectivity index (χ0v) is 34.1. The van der Waals surface area contributed by atoms with Crippen molar-refractivity contribution in [1.29, 1.82) is 5.26 Å². The van der Waals surface area contributed by atoms with Crippen molar-refractivity contribution in [3.05, 3.63) is 129 Å². The van der Waals surface area contributed by atoms with Gasteiger partial charge in [0, 0.05) is 30.0 Å². The van der Waals surface area contributed by atoms with Crippen molar-refractivity contribution < 1.29 is 4.74 Å². The fourth-order valence-corrected chi connectivity index (χ4v) is 7.18. The fraction of sp³-hybridized carbons (Fsp3) is 0.447. The van der Waals surface area contributed by atoms with Gasteiger partial charge in [-0.1, -0.05) is 74.8 Å². The van der Waals surface area contributed by atoms with Gasteiger partial charge in [0.05, 0.1) is 10.6 Å². The van der Waals surface area contributed by atoms with Crippen molar-refractivity contribution in [2.24, 2.45) is 0 Å². The van der Waals surface area contributed by atoms with E-state index < -0.39 is 0 Å². The quantitative estimate of drug-likeness (QED) is 0.0659. The first-order chi connectivity index (χ1) is 25.5. The number of benzene rings is 3. The number of aryl methyl sites for hydroxylation is 3. The van der Waals surface area contributed by atoms with Gasteiger partial charge in [-0.15, -0.1) is 6.58 Å². The van der Waals surface area contributed by atoms with E-state index in [4.69, 9.17) is 16.3 Å². The minimum Gasteiger partial charge on any atom is -0.487 e. The molecule has 0 aliphatic rings. The van der Waals surface area contributed by atoms with Crippen LogP contribution in [-0.2, 0) is 32.4 Å². The number of hydrogen-bond acceptors (Lipinski definition) is 5. The van der Waals surface area contributed by atoms with E-state index in [0.29, 0.717) is 29.5 Å². The van der Waals surface area contributed by atoms with Crippen molar-refractivity contribution in [2.45, 2.75) is 130 Å². The van der Waals surface area contributed by atoms with E-state index >= 15 is 0 Å². The second-order valence-corrected chi connectivity index (χ2v) is 15.5. The molecule has 0 bridgehead atoms. The number of unbranched alkanes of at least 4 members (excludes halogenated alkanes) is 1. The Morgan fingerprint density at radius 3 is 2.15 bits per heavy atom. The van der Waals surface area contributed by atoms with E-state index in [9.17, 15) is 5.26 Å². The number of rotatable bonds is 21. The third-order valence-corrected chi connectivity index (χ3v) is 11.8. The van der Waals surface area contributed by atoms with Crippen LogP contribution < -0.4 is 15.4 Å². The number of pyridine rings is 1. The van der Waals surface area contributed by atoms with E-state index in [1.54, 1.807) is 6.20 Å². The lowest BCUT2D eigenvalue weighted by molar-refractivity contribution is 0.305. The van der Waals surface area contributed by atoms with Crippen LogP contribution in [0.15, 0.2) is 79.6 Å². The van der Waals surface area contributed by atoms with Crippen LogP contribution in [0.2, 0.25) is 5.02 Å². The molecule has 4 rings (SSSR count). The smallest absolute Gasteiger partial charge is 0.138 e. The summed E-state index contributed by atoms with van der Waals surface area (Å²) in [6.45, 7) is 21.8. The Hall–Kier alpha value is -3.95. The highest BCUT2D eigenvalue weighted by atomic mass is 35.5. The highest BCUT2D eigenvalue weighted by Crippen LogP contribution is 2.34. The summed E-state index contributed by atoms with van der Waals surface area (Å²) in [6.07, 6.45) is 14.5. The summed E-state index contributed by atoms with van der Waals surface area (Å²) in [4.78, 5) is 4.27. The molecule has 0 saturated heterocycles. The molecule has 1 unspecified atom stereocenters. The Morgan fingerprint density at radius 2 is 1.49 bits per heavy atom. The Bertz CT molecular complexity index is 1860. The van der Waals surface area contributed by atoms with Crippen molar-refractivity contribution in [3.8, 4) is 22.9 Å². The third-order valence-electron chi connectivity index (χ3n) is 11.5. The molecule has 0 aliphatic heterocycles. The summed E-state index contributed by atoms with van der Waals surface area (Å²) < 4.78 is 6.52. The molecule has 53 heavy (non-hydrogen) atoms. The fourth-order valence-electron chi connectivity index (χ4n) is 6.94. The lowest BCUT2D eigenvalue weighted by Gasteiger charge is -2.29. The second-order valence-electron chi connectivity index (χ2n) is 15.1. The van der Waals surface area contributed by atoms with Crippen molar-refractivity contribution in [1.82, 2.24) is 15.6 Å². The summed E-state index contributed by atoms with van der Waals surface area (Å²) in [6, 6.07) is 21.5. The molecule has 0 spiro atoms. The second kappa shape index (κ2) is 19.9. The summed E-state index contributed by atoms with van der Waals surface area (Å²) in [5.74, 6) is 0.685. The third kappa shape index (κ3) is 11.5. The highest BCUT2D eigenvalue weighted by molar-refractivity contribution is 6.32. The Labute approximate surface area is 325 Å². The van der Waals surface area contributed by atoms with Crippen LogP contribution in [-0.4, -0.2) is 22.6 Å². The molecular weight excluding hydrogens is 672 g/mol. The summed E-state index contributed by atoms with van der Waals surface area (Å²) >= 11 is 6.95. The number of nitriles is 1. The predicted molar refractivity (Wildman–Crippen MR) is 224 cm³/mol. The minimum absolute atomic E-state index is 0.0457. The topological polar surface area (TPSA) is 70.0 Å². The maximum Gasteiger partial charge on any atom is 0.138 e. The number of halogens is 1. The van der Waals surface area contributed by atoms with Gasteiger partial charge in [-0.05, 0) is 160 Å². The number of ether oxygens (including phenoxy) is 1. The van der Waals surface area contributed by atoms with E-state index in [1.807, 2.05) is 18.3 Å². The molecule has 3 aromatic carbocycles. The van der Waals surface area contributed by atoms with Gasteiger partial charge >= 0.3 is 0 Å². The molecule has 0 radical (unpaired) electrons. The molecule has 2 N–H and O–H groups in total. The van der Waals surface area contributed by atoms with Crippen molar-refractivity contribution in [3.63, 3.8) is 0 Å². The van der Waals surface area contributed by atoms with Crippen LogP contribution >= 0.6 is 11.6 Å². The van der Waals surface area contributed by atoms with Gasteiger partial charge in [0.25, 0.3) is 0 Å². The predicted octanol–water partition coefficient (Wildman–Crippen LogP) is 11.6. The monoisotopic (exact) mass is 732 g/mol. The molecule has 0 fully saturated rings. The summed E-state index contributed by atoms with van der Waals surface area (Å²) in [5.41, 5.74) is 11.8. The van der Waals surface area contributed by atoms with Gasteiger partial charge in [0.2, 0.25) is 0 Å². The van der Waals surface area contributed by atoms with Crippen LogP contribution in [0, 0.1) is 25.2 Å². The zero-order chi connectivity index (χ0) is 38.4. The lowest BCUT2D eigenvalue weighted by atomic mass is 9.90. The molecule has 1 aromatic heterocycles. The standard InChI is InChI=1S/C47H61ClN4O/c1-9-24-47(8,12-4)51-25-14-13-17-38-18-15-20-42(34(38)5)43-21-16-19-40(35(43)6)33-53-45-28-39(23-22-36-26-37(29-49)31-50-30-36)41(27-44(45)48)32-52-46(7,10-2)11-3/h9,15-16,18-21,26-28,30-31,51-52H,1,10-14,17,22-25,32-33H2,2-8H3. The molecule has 1 heterocycles. The largest absolute Gasteiger partial charge is 0.487 e. The van der Waals surface area contributed by atoms with E-state index in [0.717, 1.165) is 81.0 Å². The average Bonchev–Trinajstić information content (AvgIpc) is 3.17. The first-order valence-electron chi connectivity index (χ1n) is 19.5. The first kappa shape index (κ1) is 41.8. The van der Waals surface area contributed by atoms with Gasteiger partial charge in [-0.3, -0.25) is 4.98 Å². The van der Waals surface area contributed by atoms with Crippen LogP contribution in [0.3, 0.4) is 0 Å². The van der Waals surface area contributed by atoms with Gasteiger partial charge in [-0.2, -0.15) is 5.26 Å². The minimum atomic E-state index is 0.0457. The number of nitrogens with zero attached hydrogens (tertiary/aromatic N) is 2. The van der Waals surface area contributed by atoms with E-state index in [2.05, 4.69) is 125 Å². The van der Waals surface area contributed by atoms with Crippen LogP contribution in [0.1, 0.15) is 118 Å². The van der Waals surface area contributed by atoms with Crippen LogP contribution in [0.5, 0.6) is 5.75 Å². The van der Waals surface area contributed by atoms with Crippen LogP contribution in [0.4, 0.5) is 0 Å². The molecular formula is C47H61ClN4O. The first-order valence-corrected chi connectivity index (χ1v) is 19.9. The Morgan fingerprint density at radius 1 is 0.811 bits per heavy atom. The maximum atomic E-state index is 9.39. The SMILES string of the molecule is C=CCC(C)(CC)NCCCCc1cccc(-c2cccc(COc3cc(CCc4cncc(C#N)c4)c(CNC(C)(CC)CC)cc3Cl)c2C)c1C. The van der Waals surface area contributed by atoms with Crippen molar-refractivity contribution >= 4 is 11.6 Å². The van der Waals surface area contributed by atoms with Gasteiger partial charge in [-0.25, -0.2) is 0 Å². The molecule has 0 amide bonds. The number of nitrogens with one attached hydrogen (secondary N) is 2. The highest BCUT2D eigenvalue weighted by Gasteiger charge is 2.21. The van der Waals surface area contributed by atoms with Gasteiger partial charge in [0.1, 0.15) is 18.4 Å². The van der Waals surface area contributed by atoms with Gasteiger partial charge < -0.3 is 15.4 Å². The lowest BCUT2D eigenvalue weighted by Crippen LogP contribution is -2.41. The molecule has 0 saturated carbocycles. The zero-order valence-electron chi connectivity index (χ0n) is 33.3. The number of aromatic nitrogens is 1. The normalized spacial score (nSPS) is 12.7. The summed E-state index contributed by atoms with van der Waals surface area (Å²) in [7, 11) is 0. The Balaban J connectivity index is 1.50. The van der Waals surface area contributed by atoms with Crippen molar-refractivity contribution in [2.75, 3.05) is 6.54 Å². The van der Waals surface area contributed by atoms with Gasteiger partial charge in [0.15, 0.2) is 0 Å². The Kier molecular flexibility index (Phi) is 15.7. The molecule has 0 aliphatic carbocycles. The molecule has 282 valence electrons. The molecule has 1 atom stereocenters. The average molecular weight is 733 g/mol.